The zero-order chi connectivity index (χ0) is 10.1. The molecule has 2 rings (SSSR count). The van der Waals surface area contributed by atoms with E-state index in [1.165, 1.54) is 10.5 Å². The van der Waals surface area contributed by atoms with Gasteiger partial charge in [0.2, 0.25) is 0 Å². The van der Waals surface area contributed by atoms with Gasteiger partial charge in [-0.1, -0.05) is 6.07 Å². The van der Waals surface area contributed by atoms with Crippen LogP contribution in [0.4, 0.5) is 0 Å². The van der Waals surface area contributed by atoms with E-state index in [1.807, 2.05) is 13.0 Å². The zero-order valence-corrected chi connectivity index (χ0v) is 7.77. The van der Waals surface area contributed by atoms with E-state index in [2.05, 4.69) is 4.98 Å². The first-order valence-electron chi connectivity index (χ1n) is 4.31. The number of aliphatic hydroxyl groups excluding tert-OH is 1. The lowest BCUT2D eigenvalue weighted by Crippen LogP contribution is -2.15. The molecule has 1 N–H and O–H groups in total. The maximum absolute atomic E-state index is 11.5. The molecule has 2 aromatic heterocycles. The predicted octanol–water partition coefficient (Wildman–Crippen LogP) is 0.495. The molecule has 0 aliphatic rings. The number of rotatable bonds is 1. The molecule has 0 aromatic carbocycles. The van der Waals surface area contributed by atoms with Gasteiger partial charge in [-0.3, -0.25) is 9.20 Å². The highest BCUT2D eigenvalue weighted by Gasteiger charge is 2.02. The third kappa shape index (κ3) is 1.29. The molecule has 4 nitrogen and oxygen atoms in total. The fourth-order valence-corrected chi connectivity index (χ4v) is 1.39. The Kier molecular flexibility index (Phi) is 2.05. The van der Waals surface area contributed by atoms with Crippen LogP contribution < -0.4 is 5.56 Å². The standard InChI is InChI=1S/C10H10N2O2/c1-7-3-2-4-12-9(14)5-8(6-13)11-10(7)12/h2-5,13H,6H2,1H3. The van der Waals surface area contributed by atoms with Crippen LogP contribution in [0.5, 0.6) is 0 Å². The molecule has 2 aromatic rings. The van der Waals surface area contributed by atoms with Crippen molar-refractivity contribution < 1.29 is 5.11 Å². The van der Waals surface area contributed by atoms with Crippen molar-refractivity contribution in [3.8, 4) is 0 Å². The SMILES string of the molecule is Cc1cccn2c(=O)cc(CO)nc12. The molecule has 0 bridgehead atoms. The molecule has 14 heavy (non-hydrogen) atoms. The molecule has 0 amide bonds. The molecule has 72 valence electrons. The average molecular weight is 190 g/mol. The fraction of sp³-hybridized carbons (Fsp3) is 0.200. The smallest absolute Gasteiger partial charge is 0.258 e. The highest BCUT2D eigenvalue weighted by Crippen LogP contribution is 2.04. The van der Waals surface area contributed by atoms with E-state index in [0.717, 1.165) is 5.56 Å². The number of nitrogens with zero attached hydrogens (tertiary/aromatic N) is 2. The Labute approximate surface area is 80.5 Å². The highest BCUT2D eigenvalue weighted by molar-refractivity contribution is 5.46. The minimum Gasteiger partial charge on any atom is -0.390 e. The van der Waals surface area contributed by atoms with Crippen molar-refractivity contribution in [3.05, 3.63) is 46.0 Å². The van der Waals surface area contributed by atoms with Crippen LogP contribution in [0.1, 0.15) is 11.3 Å². The predicted molar refractivity (Wildman–Crippen MR) is 52.1 cm³/mol. The van der Waals surface area contributed by atoms with E-state index in [9.17, 15) is 4.79 Å². The quantitative estimate of drug-likeness (QED) is 0.712. The Hall–Kier alpha value is -1.68. The minimum atomic E-state index is -0.208. The fourth-order valence-electron chi connectivity index (χ4n) is 1.39. The van der Waals surface area contributed by atoms with E-state index in [4.69, 9.17) is 5.11 Å². The van der Waals surface area contributed by atoms with Gasteiger partial charge in [-0.25, -0.2) is 4.98 Å². The van der Waals surface area contributed by atoms with E-state index >= 15 is 0 Å². The second-order valence-corrected chi connectivity index (χ2v) is 3.13. The third-order valence-corrected chi connectivity index (χ3v) is 2.10. The van der Waals surface area contributed by atoms with Gasteiger partial charge < -0.3 is 5.11 Å². The van der Waals surface area contributed by atoms with Gasteiger partial charge in [0.1, 0.15) is 5.65 Å². The van der Waals surface area contributed by atoms with Crippen LogP contribution in [0, 0.1) is 6.92 Å². The molecule has 0 radical (unpaired) electrons. The van der Waals surface area contributed by atoms with Gasteiger partial charge in [0, 0.05) is 12.3 Å². The monoisotopic (exact) mass is 190 g/mol. The summed E-state index contributed by atoms with van der Waals surface area (Å²) < 4.78 is 1.47. The van der Waals surface area contributed by atoms with Gasteiger partial charge in [0.25, 0.3) is 5.56 Å². The number of aryl methyl sites for hydroxylation is 1. The number of hydrogen-bond donors (Lipinski definition) is 1. The maximum Gasteiger partial charge on any atom is 0.258 e. The lowest BCUT2D eigenvalue weighted by Gasteiger charge is -2.03. The van der Waals surface area contributed by atoms with E-state index in [-0.39, 0.29) is 12.2 Å². The third-order valence-electron chi connectivity index (χ3n) is 2.10. The average Bonchev–Trinajstić information content (AvgIpc) is 2.19. The second-order valence-electron chi connectivity index (χ2n) is 3.13. The van der Waals surface area contributed by atoms with Crippen molar-refractivity contribution in [2.75, 3.05) is 0 Å². The van der Waals surface area contributed by atoms with Crippen molar-refractivity contribution in [3.63, 3.8) is 0 Å². The van der Waals surface area contributed by atoms with Gasteiger partial charge in [0.05, 0.1) is 12.3 Å². The summed E-state index contributed by atoms with van der Waals surface area (Å²) in [6.45, 7) is 1.67. The molecule has 0 fully saturated rings. The van der Waals surface area contributed by atoms with Crippen molar-refractivity contribution >= 4 is 5.65 Å². The van der Waals surface area contributed by atoms with Gasteiger partial charge in [-0.2, -0.15) is 0 Å². The van der Waals surface area contributed by atoms with Crippen LogP contribution in [-0.2, 0) is 6.61 Å². The molecule has 0 aliphatic heterocycles. The summed E-state index contributed by atoms with van der Waals surface area (Å²) >= 11 is 0. The van der Waals surface area contributed by atoms with Crippen molar-refractivity contribution in [1.29, 1.82) is 0 Å². The molecular weight excluding hydrogens is 180 g/mol. The lowest BCUT2D eigenvalue weighted by molar-refractivity contribution is 0.277. The highest BCUT2D eigenvalue weighted by atomic mass is 16.3. The summed E-state index contributed by atoms with van der Waals surface area (Å²) in [6.07, 6.45) is 1.67. The van der Waals surface area contributed by atoms with Crippen LogP contribution >= 0.6 is 0 Å². The first kappa shape index (κ1) is 8.90. The number of aromatic nitrogens is 2. The first-order chi connectivity index (χ1) is 6.72. The molecule has 0 aliphatic carbocycles. The second kappa shape index (κ2) is 3.23. The van der Waals surface area contributed by atoms with Crippen LogP contribution in [-0.4, -0.2) is 14.5 Å². The topological polar surface area (TPSA) is 54.6 Å². The number of aliphatic hydroxyl groups is 1. The Bertz CT molecular complexity index is 531. The van der Waals surface area contributed by atoms with Gasteiger partial charge in [0.15, 0.2) is 0 Å². The van der Waals surface area contributed by atoms with Crippen molar-refractivity contribution in [2.24, 2.45) is 0 Å². The van der Waals surface area contributed by atoms with E-state index in [0.29, 0.717) is 11.3 Å². The van der Waals surface area contributed by atoms with E-state index < -0.39 is 0 Å². The Morgan fingerprint density at radius 2 is 2.36 bits per heavy atom. The zero-order valence-electron chi connectivity index (χ0n) is 7.77. The Morgan fingerprint density at radius 3 is 3.07 bits per heavy atom. The maximum atomic E-state index is 11.5. The van der Waals surface area contributed by atoms with Crippen LogP contribution in [0.25, 0.3) is 5.65 Å². The Morgan fingerprint density at radius 1 is 1.57 bits per heavy atom. The number of pyridine rings is 1. The molecule has 0 saturated heterocycles. The summed E-state index contributed by atoms with van der Waals surface area (Å²) in [5.41, 5.74) is 1.76. The summed E-state index contributed by atoms with van der Waals surface area (Å²) in [4.78, 5) is 15.7. The minimum absolute atomic E-state index is 0.164. The normalized spacial score (nSPS) is 10.7. The molecule has 0 unspecified atom stereocenters. The van der Waals surface area contributed by atoms with Crippen molar-refractivity contribution in [1.82, 2.24) is 9.38 Å². The van der Waals surface area contributed by atoms with Crippen LogP contribution in [0.15, 0.2) is 29.2 Å². The van der Waals surface area contributed by atoms with Gasteiger partial charge in [-0.15, -0.1) is 0 Å². The molecular formula is C10H10N2O2. The van der Waals surface area contributed by atoms with Crippen LogP contribution in [0.3, 0.4) is 0 Å². The number of hydrogen-bond acceptors (Lipinski definition) is 3. The van der Waals surface area contributed by atoms with Gasteiger partial charge >= 0.3 is 0 Å². The summed E-state index contributed by atoms with van der Waals surface area (Å²) in [6, 6.07) is 5.01. The summed E-state index contributed by atoms with van der Waals surface area (Å²) in [5.74, 6) is 0. The van der Waals surface area contributed by atoms with Crippen molar-refractivity contribution in [2.45, 2.75) is 13.5 Å². The lowest BCUT2D eigenvalue weighted by atomic mass is 10.3. The molecule has 4 heteroatoms. The summed E-state index contributed by atoms with van der Waals surface area (Å²) in [7, 11) is 0. The molecule has 0 spiro atoms. The molecule has 0 atom stereocenters. The molecule has 2 heterocycles. The summed E-state index contributed by atoms with van der Waals surface area (Å²) in [5, 5.41) is 8.90. The van der Waals surface area contributed by atoms with E-state index in [1.54, 1.807) is 12.3 Å². The largest absolute Gasteiger partial charge is 0.390 e. The first-order valence-corrected chi connectivity index (χ1v) is 4.31. The van der Waals surface area contributed by atoms with Crippen LogP contribution in [0.2, 0.25) is 0 Å². The van der Waals surface area contributed by atoms with Gasteiger partial charge in [-0.05, 0) is 18.6 Å². The molecule has 0 saturated carbocycles. The Balaban J connectivity index is 2.91. The number of fused-ring (bicyclic) bond motifs is 1.